The smallest absolute Gasteiger partial charge is 0.233 e. The molecule has 0 aliphatic carbocycles. The van der Waals surface area contributed by atoms with Crippen LogP contribution in [0, 0.1) is 11.3 Å². The van der Waals surface area contributed by atoms with Crippen molar-refractivity contribution >= 4 is 5.78 Å². The van der Waals surface area contributed by atoms with Crippen molar-refractivity contribution in [1.82, 2.24) is 4.98 Å². The van der Waals surface area contributed by atoms with E-state index >= 15 is 0 Å². The van der Waals surface area contributed by atoms with Gasteiger partial charge in [0.15, 0.2) is 18.2 Å². The van der Waals surface area contributed by atoms with Crippen LogP contribution < -0.4 is 4.74 Å². The lowest BCUT2D eigenvalue weighted by Gasteiger charge is -2.33. The maximum Gasteiger partial charge on any atom is 0.233 e. The average molecular weight is 388 g/mol. The number of aromatic nitrogens is 1. The SMILES string of the molecule is CC1(C)Cc2c(C#N)c(OCC(=O)c3ccccc3)nc(-c3ccco3)c2CO1. The molecule has 1 aliphatic rings. The minimum Gasteiger partial charge on any atom is -0.468 e. The highest BCUT2D eigenvalue weighted by atomic mass is 16.5. The molecule has 4 rings (SSSR count). The predicted molar refractivity (Wildman–Crippen MR) is 105 cm³/mol. The van der Waals surface area contributed by atoms with Crippen LogP contribution in [0.3, 0.4) is 0 Å². The summed E-state index contributed by atoms with van der Waals surface area (Å²) in [6.45, 7) is 4.07. The van der Waals surface area contributed by atoms with Crippen LogP contribution in [-0.4, -0.2) is 23.0 Å². The Labute approximate surface area is 168 Å². The molecule has 0 saturated carbocycles. The van der Waals surface area contributed by atoms with E-state index in [4.69, 9.17) is 13.9 Å². The fourth-order valence-corrected chi connectivity index (χ4v) is 3.42. The first-order chi connectivity index (χ1) is 14.0. The van der Waals surface area contributed by atoms with E-state index in [2.05, 4.69) is 11.1 Å². The van der Waals surface area contributed by atoms with Crippen LogP contribution in [0.1, 0.15) is 40.9 Å². The highest BCUT2D eigenvalue weighted by Gasteiger charge is 2.33. The number of ether oxygens (including phenoxy) is 2. The summed E-state index contributed by atoms with van der Waals surface area (Å²) in [4.78, 5) is 17.0. The number of carbonyl (C=O) groups is 1. The van der Waals surface area contributed by atoms with Crippen LogP contribution in [0.5, 0.6) is 5.88 Å². The van der Waals surface area contributed by atoms with E-state index in [1.165, 1.54) is 0 Å². The van der Waals surface area contributed by atoms with Crippen molar-refractivity contribution < 1.29 is 18.7 Å². The number of rotatable bonds is 5. The molecule has 3 aromatic rings. The average Bonchev–Trinajstić information content (AvgIpc) is 3.25. The second kappa shape index (κ2) is 7.53. The molecule has 0 bridgehead atoms. The summed E-state index contributed by atoms with van der Waals surface area (Å²) in [6.07, 6.45) is 2.10. The van der Waals surface area contributed by atoms with E-state index in [1.54, 1.807) is 42.7 Å². The molecule has 0 atom stereocenters. The first kappa shape index (κ1) is 18.9. The van der Waals surface area contributed by atoms with Crippen molar-refractivity contribution in [3.8, 4) is 23.4 Å². The zero-order valence-corrected chi connectivity index (χ0v) is 16.3. The minimum absolute atomic E-state index is 0.139. The van der Waals surface area contributed by atoms with Gasteiger partial charge < -0.3 is 13.9 Å². The van der Waals surface area contributed by atoms with Gasteiger partial charge in [-0.1, -0.05) is 30.3 Å². The van der Waals surface area contributed by atoms with E-state index in [0.29, 0.717) is 35.6 Å². The molecule has 1 aromatic carbocycles. The van der Waals surface area contributed by atoms with Gasteiger partial charge in [-0.25, -0.2) is 4.98 Å². The highest BCUT2D eigenvalue weighted by molar-refractivity contribution is 5.97. The lowest BCUT2D eigenvalue weighted by atomic mass is 9.88. The number of Topliss-reactive ketones (excluding diaryl/α,β-unsaturated/α-hetero) is 1. The summed E-state index contributed by atoms with van der Waals surface area (Å²) >= 11 is 0. The first-order valence-corrected chi connectivity index (χ1v) is 9.33. The standard InChI is InChI=1S/C23H20N2O4/c1-23(2)11-16-17(12-24)22(28-14-19(26)15-7-4-3-5-8-15)25-21(18(16)13-29-23)20-9-6-10-27-20/h3-10H,11,13-14H2,1-2H3. The number of nitrogens with zero attached hydrogens (tertiary/aromatic N) is 2. The topological polar surface area (TPSA) is 85.4 Å². The van der Waals surface area contributed by atoms with Crippen LogP contribution in [0.25, 0.3) is 11.5 Å². The molecule has 1 aliphatic heterocycles. The summed E-state index contributed by atoms with van der Waals surface area (Å²) < 4.78 is 17.2. The molecule has 6 heteroatoms. The summed E-state index contributed by atoms with van der Waals surface area (Å²) in [7, 11) is 0. The highest BCUT2D eigenvalue weighted by Crippen LogP contribution is 2.38. The third kappa shape index (κ3) is 3.78. The molecular formula is C23H20N2O4. The van der Waals surface area contributed by atoms with Gasteiger partial charge in [0.05, 0.1) is 18.5 Å². The Balaban J connectivity index is 1.74. The Hall–Kier alpha value is -3.43. The second-order valence-corrected chi connectivity index (χ2v) is 7.49. The molecular weight excluding hydrogens is 368 g/mol. The van der Waals surface area contributed by atoms with Gasteiger partial charge in [-0.05, 0) is 31.5 Å². The largest absolute Gasteiger partial charge is 0.468 e. The van der Waals surface area contributed by atoms with E-state index in [9.17, 15) is 10.1 Å². The van der Waals surface area contributed by atoms with Gasteiger partial charge in [0.25, 0.3) is 0 Å². The normalized spacial score (nSPS) is 14.7. The zero-order chi connectivity index (χ0) is 20.4. The van der Waals surface area contributed by atoms with Gasteiger partial charge >= 0.3 is 0 Å². The fourth-order valence-electron chi connectivity index (χ4n) is 3.42. The molecule has 6 nitrogen and oxygen atoms in total. The number of nitriles is 1. The van der Waals surface area contributed by atoms with Crippen molar-refractivity contribution in [3.63, 3.8) is 0 Å². The molecule has 0 amide bonds. The lowest BCUT2D eigenvalue weighted by Crippen LogP contribution is -2.33. The van der Waals surface area contributed by atoms with Crippen LogP contribution in [0.2, 0.25) is 0 Å². The third-order valence-corrected chi connectivity index (χ3v) is 4.89. The number of hydrogen-bond donors (Lipinski definition) is 0. The monoisotopic (exact) mass is 388 g/mol. The van der Waals surface area contributed by atoms with Gasteiger partial charge in [0.1, 0.15) is 17.3 Å². The van der Waals surface area contributed by atoms with E-state index in [1.807, 2.05) is 19.9 Å². The number of carbonyl (C=O) groups excluding carboxylic acids is 1. The van der Waals surface area contributed by atoms with Crippen LogP contribution in [0.4, 0.5) is 0 Å². The number of benzene rings is 1. The molecule has 0 N–H and O–H groups in total. The molecule has 0 saturated heterocycles. The number of hydrogen-bond acceptors (Lipinski definition) is 6. The number of ketones is 1. The minimum atomic E-state index is -0.419. The third-order valence-electron chi connectivity index (χ3n) is 4.89. The number of pyridine rings is 1. The quantitative estimate of drug-likeness (QED) is 0.605. The van der Waals surface area contributed by atoms with Crippen LogP contribution in [-0.2, 0) is 17.8 Å². The molecule has 146 valence electrons. The van der Waals surface area contributed by atoms with Crippen molar-refractivity contribution in [2.45, 2.75) is 32.5 Å². The van der Waals surface area contributed by atoms with Crippen molar-refractivity contribution in [2.75, 3.05) is 6.61 Å². The summed E-state index contributed by atoms with van der Waals surface area (Å²) in [5.74, 6) is 0.519. The van der Waals surface area contributed by atoms with Crippen molar-refractivity contribution in [3.05, 3.63) is 71.0 Å². The number of fused-ring (bicyclic) bond motifs is 1. The Morgan fingerprint density at radius 3 is 2.69 bits per heavy atom. The second-order valence-electron chi connectivity index (χ2n) is 7.49. The molecule has 0 fully saturated rings. The summed E-state index contributed by atoms with van der Waals surface area (Å²) in [6, 6.07) is 14.7. The summed E-state index contributed by atoms with van der Waals surface area (Å²) in [5, 5.41) is 9.83. The maximum atomic E-state index is 12.4. The Morgan fingerprint density at radius 2 is 2.00 bits per heavy atom. The number of furan rings is 1. The van der Waals surface area contributed by atoms with Gasteiger partial charge in [0, 0.05) is 17.5 Å². The van der Waals surface area contributed by atoms with Gasteiger partial charge in [0.2, 0.25) is 5.88 Å². The van der Waals surface area contributed by atoms with Gasteiger partial charge in [-0.15, -0.1) is 0 Å². The van der Waals surface area contributed by atoms with Crippen LogP contribution in [0.15, 0.2) is 53.1 Å². The molecule has 0 spiro atoms. The fraction of sp³-hybridized carbons (Fsp3) is 0.261. The first-order valence-electron chi connectivity index (χ1n) is 9.33. The Morgan fingerprint density at radius 1 is 1.21 bits per heavy atom. The lowest BCUT2D eigenvalue weighted by molar-refractivity contribution is -0.0401. The molecule has 0 unspecified atom stereocenters. The summed E-state index contributed by atoms with van der Waals surface area (Å²) in [5.41, 5.74) is 2.68. The van der Waals surface area contributed by atoms with Gasteiger partial charge in [-0.2, -0.15) is 5.26 Å². The van der Waals surface area contributed by atoms with E-state index in [-0.39, 0.29) is 18.3 Å². The Kier molecular flexibility index (Phi) is 4.91. The molecule has 0 radical (unpaired) electrons. The van der Waals surface area contributed by atoms with Crippen molar-refractivity contribution in [2.24, 2.45) is 0 Å². The zero-order valence-electron chi connectivity index (χ0n) is 16.3. The molecule has 3 heterocycles. The van der Waals surface area contributed by atoms with E-state index in [0.717, 1.165) is 11.1 Å². The molecule has 2 aromatic heterocycles. The van der Waals surface area contributed by atoms with E-state index < -0.39 is 5.60 Å². The maximum absolute atomic E-state index is 12.4. The predicted octanol–water partition coefficient (Wildman–Crippen LogP) is 4.33. The Bertz CT molecular complexity index is 1080. The van der Waals surface area contributed by atoms with Crippen LogP contribution >= 0.6 is 0 Å². The van der Waals surface area contributed by atoms with Crippen molar-refractivity contribution in [1.29, 1.82) is 5.26 Å². The van der Waals surface area contributed by atoms with Gasteiger partial charge in [-0.3, -0.25) is 4.79 Å². The molecule has 29 heavy (non-hydrogen) atoms.